The van der Waals surface area contributed by atoms with Crippen LogP contribution in [0.4, 0.5) is 0 Å². The van der Waals surface area contributed by atoms with Gasteiger partial charge >= 0.3 is 5.97 Å². The summed E-state index contributed by atoms with van der Waals surface area (Å²) >= 11 is 1.15. The van der Waals surface area contributed by atoms with Crippen LogP contribution in [-0.4, -0.2) is 40.0 Å². The Kier molecular flexibility index (Phi) is 5.72. The smallest absolute Gasteiger partial charge is 0.349 e. The number of amides is 1. The molecule has 0 radical (unpaired) electrons. The van der Waals surface area contributed by atoms with Crippen molar-refractivity contribution in [3.63, 3.8) is 0 Å². The number of furan rings is 1. The molecule has 158 valence electrons. The second-order valence-corrected chi connectivity index (χ2v) is 8.44. The zero-order valence-electron chi connectivity index (χ0n) is 17.0. The summed E-state index contributed by atoms with van der Waals surface area (Å²) in [7, 11) is 1.61. The number of esters is 1. The number of likely N-dealkylation sites (N-methyl/N-ethyl adjacent to an activating group) is 1. The third kappa shape index (κ3) is 3.89. The Bertz CT molecular complexity index is 1150. The third-order valence-electron chi connectivity index (χ3n) is 5.32. The van der Waals surface area contributed by atoms with Gasteiger partial charge in [-0.3, -0.25) is 14.2 Å². The molecule has 1 aliphatic rings. The van der Waals surface area contributed by atoms with Crippen LogP contribution >= 0.6 is 11.3 Å². The molecular weight excluding hydrogens is 406 g/mol. The quantitative estimate of drug-likeness (QED) is 0.579. The number of carbonyl (C=O) groups is 2. The number of aromatic nitrogens is 2. The first kappa shape index (κ1) is 20.3. The molecule has 0 aliphatic carbocycles. The fraction of sp³-hybridized carbons (Fsp3) is 0.429. The van der Waals surface area contributed by atoms with Gasteiger partial charge in [-0.1, -0.05) is 6.42 Å². The van der Waals surface area contributed by atoms with Crippen LogP contribution in [0.1, 0.15) is 46.1 Å². The van der Waals surface area contributed by atoms with Gasteiger partial charge in [0.25, 0.3) is 11.5 Å². The van der Waals surface area contributed by atoms with E-state index < -0.39 is 5.97 Å². The van der Waals surface area contributed by atoms with E-state index in [0.29, 0.717) is 33.0 Å². The number of nitrogens with zero attached hydrogens (tertiary/aromatic N) is 3. The predicted octanol–water partition coefficient (Wildman–Crippen LogP) is 2.90. The SMILES string of the molecule is Cc1c(C(=O)OCC(=O)N(C)Cc2ccco2)sc2nc3n(c(=O)c12)CCCCC3. The molecule has 0 saturated carbocycles. The highest BCUT2D eigenvalue weighted by atomic mass is 32.1. The Morgan fingerprint density at radius 3 is 2.93 bits per heavy atom. The first-order valence-corrected chi connectivity index (χ1v) is 10.7. The summed E-state index contributed by atoms with van der Waals surface area (Å²) in [5, 5.41) is 0.471. The first-order valence-electron chi connectivity index (χ1n) is 9.92. The number of rotatable bonds is 5. The Balaban J connectivity index is 1.51. The molecule has 3 aromatic heterocycles. The molecule has 0 fully saturated rings. The van der Waals surface area contributed by atoms with Gasteiger partial charge in [-0.25, -0.2) is 9.78 Å². The number of thiophene rings is 1. The number of hydrogen-bond acceptors (Lipinski definition) is 7. The van der Waals surface area contributed by atoms with E-state index in [2.05, 4.69) is 4.98 Å². The van der Waals surface area contributed by atoms with Gasteiger partial charge in [0.05, 0.1) is 18.2 Å². The van der Waals surface area contributed by atoms with E-state index in [9.17, 15) is 14.4 Å². The Morgan fingerprint density at radius 2 is 2.17 bits per heavy atom. The van der Waals surface area contributed by atoms with Crippen molar-refractivity contribution in [3.8, 4) is 0 Å². The van der Waals surface area contributed by atoms with Crippen molar-refractivity contribution in [1.29, 1.82) is 0 Å². The summed E-state index contributed by atoms with van der Waals surface area (Å²) in [5.41, 5.74) is 0.465. The molecule has 4 heterocycles. The molecule has 0 aromatic carbocycles. The number of fused-ring (bicyclic) bond motifs is 2. The Hall–Kier alpha value is -2.94. The normalized spacial score (nSPS) is 13.7. The second kappa shape index (κ2) is 8.43. The van der Waals surface area contributed by atoms with Crippen molar-refractivity contribution in [1.82, 2.24) is 14.5 Å². The highest BCUT2D eigenvalue weighted by molar-refractivity contribution is 7.20. The molecule has 1 amide bonds. The van der Waals surface area contributed by atoms with E-state index in [-0.39, 0.29) is 24.6 Å². The average Bonchev–Trinajstić information content (AvgIpc) is 3.27. The molecule has 3 aromatic rings. The van der Waals surface area contributed by atoms with Crippen molar-refractivity contribution in [2.45, 2.75) is 45.7 Å². The molecule has 0 spiro atoms. The van der Waals surface area contributed by atoms with E-state index >= 15 is 0 Å². The van der Waals surface area contributed by atoms with Gasteiger partial charge in [-0.05, 0) is 37.5 Å². The first-order chi connectivity index (χ1) is 14.5. The van der Waals surface area contributed by atoms with Crippen molar-refractivity contribution >= 4 is 33.4 Å². The fourth-order valence-corrected chi connectivity index (χ4v) is 4.72. The van der Waals surface area contributed by atoms with Crippen LogP contribution in [-0.2, 0) is 29.0 Å². The highest BCUT2D eigenvalue weighted by Gasteiger charge is 2.24. The topological polar surface area (TPSA) is 94.6 Å². The predicted molar refractivity (Wildman–Crippen MR) is 112 cm³/mol. The minimum absolute atomic E-state index is 0.0982. The van der Waals surface area contributed by atoms with Crippen LogP contribution in [0.3, 0.4) is 0 Å². The van der Waals surface area contributed by atoms with E-state index in [1.54, 1.807) is 30.7 Å². The van der Waals surface area contributed by atoms with Crippen LogP contribution in [0.25, 0.3) is 10.2 Å². The van der Waals surface area contributed by atoms with Gasteiger partial charge < -0.3 is 14.1 Å². The van der Waals surface area contributed by atoms with Crippen molar-refractivity contribution in [2.24, 2.45) is 0 Å². The molecule has 8 nitrogen and oxygen atoms in total. The maximum atomic E-state index is 13.0. The minimum atomic E-state index is -0.616. The molecule has 4 rings (SSSR count). The summed E-state index contributed by atoms with van der Waals surface area (Å²) in [6, 6.07) is 3.51. The lowest BCUT2D eigenvalue weighted by molar-refractivity contribution is -0.133. The zero-order valence-corrected chi connectivity index (χ0v) is 17.8. The number of hydrogen-bond donors (Lipinski definition) is 0. The lowest BCUT2D eigenvalue weighted by Crippen LogP contribution is -2.30. The standard InChI is InChI=1S/C21H23N3O5S/c1-13-17-19(22-15-8-4-3-5-9-24(15)20(17)26)30-18(13)21(27)29-12-16(25)23(2)11-14-7-6-10-28-14/h6-7,10H,3-5,8-9,11-12H2,1-2H3. The van der Waals surface area contributed by atoms with Crippen LogP contribution in [0.2, 0.25) is 0 Å². The molecule has 0 unspecified atom stereocenters. The third-order valence-corrected chi connectivity index (χ3v) is 6.49. The van der Waals surface area contributed by atoms with E-state index in [1.807, 2.05) is 0 Å². The molecule has 1 aliphatic heterocycles. The van der Waals surface area contributed by atoms with Crippen molar-refractivity contribution < 1.29 is 18.7 Å². The van der Waals surface area contributed by atoms with Gasteiger partial charge in [-0.2, -0.15) is 0 Å². The monoisotopic (exact) mass is 429 g/mol. The largest absolute Gasteiger partial charge is 0.467 e. The summed E-state index contributed by atoms with van der Waals surface area (Å²) in [4.78, 5) is 44.8. The van der Waals surface area contributed by atoms with Crippen LogP contribution in [0, 0.1) is 6.92 Å². The molecule has 0 N–H and O–H groups in total. The van der Waals surface area contributed by atoms with Crippen LogP contribution < -0.4 is 5.56 Å². The van der Waals surface area contributed by atoms with Crippen molar-refractivity contribution in [2.75, 3.05) is 13.7 Å². The van der Waals surface area contributed by atoms with Gasteiger partial charge in [0.2, 0.25) is 0 Å². The second-order valence-electron chi connectivity index (χ2n) is 7.44. The summed E-state index contributed by atoms with van der Waals surface area (Å²) in [6.07, 6.45) is 5.33. The lowest BCUT2D eigenvalue weighted by atomic mass is 10.2. The highest BCUT2D eigenvalue weighted by Crippen LogP contribution is 2.29. The number of carbonyl (C=O) groups excluding carboxylic acids is 2. The van der Waals surface area contributed by atoms with Crippen LogP contribution in [0.15, 0.2) is 27.6 Å². The minimum Gasteiger partial charge on any atom is -0.467 e. The van der Waals surface area contributed by atoms with Crippen LogP contribution in [0.5, 0.6) is 0 Å². The summed E-state index contributed by atoms with van der Waals surface area (Å²) in [6.45, 7) is 2.29. The zero-order chi connectivity index (χ0) is 21.3. The molecule has 0 saturated heterocycles. The molecule has 0 atom stereocenters. The molecular formula is C21H23N3O5S. The Labute approximate surface area is 177 Å². The van der Waals surface area contributed by atoms with Gasteiger partial charge in [0.1, 0.15) is 21.3 Å². The number of ether oxygens (including phenoxy) is 1. The van der Waals surface area contributed by atoms with Gasteiger partial charge in [-0.15, -0.1) is 11.3 Å². The maximum Gasteiger partial charge on any atom is 0.349 e. The maximum absolute atomic E-state index is 13.0. The molecule has 9 heteroatoms. The molecule has 30 heavy (non-hydrogen) atoms. The van der Waals surface area contributed by atoms with E-state index in [1.165, 1.54) is 11.2 Å². The summed E-state index contributed by atoms with van der Waals surface area (Å²) < 4.78 is 12.2. The Morgan fingerprint density at radius 1 is 1.33 bits per heavy atom. The van der Waals surface area contributed by atoms with Gasteiger partial charge in [0, 0.05) is 20.0 Å². The summed E-state index contributed by atoms with van der Waals surface area (Å²) in [5.74, 6) is 0.461. The number of aryl methyl sites for hydroxylation is 2. The van der Waals surface area contributed by atoms with E-state index in [4.69, 9.17) is 9.15 Å². The van der Waals surface area contributed by atoms with Crippen molar-refractivity contribution in [3.05, 3.63) is 50.8 Å². The van der Waals surface area contributed by atoms with Gasteiger partial charge in [0.15, 0.2) is 6.61 Å². The molecule has 0 bridgehead atoms. The lowest BCUT2D eigenvalue weighted by Gasteiger charge is -2.15. The fourth-order valence-electron chi connectivity index (χ4n) is 3.63. The van der Waals surface area contributed by atoms with E-state index in [0.717, 1.165) is 42.8 Å². The average molecular weight is 429 g/mol.